The summed E-state index contributed by atoms with van der Waals surface area (Å²) in [7, 11) is 0. The first-order valence-corrected chi connectivity index (χ1v) is 5.89. The van der Waals surface area contributed by atoms with Gasteiger partial charge < -0.3 is 15.8 Å². The molecule has 1 saturated carbocycles. The predicted molar refractivity (Wildman–Crippen MR) is 81.4 cm³/mol. The second kappa shape index (κ2) is 7.00. The van der Waals surface area contributed by atoms with Crippen molar-refractivity contribution in [3.8, 4) is 5.75 Å². The predicted octanol–water partition coefficient (Wildman–Crippen LogP) is 3.48. The molecule has 2 rings (SSSR count). The van der Waals surface area contributed by atoms with E-state index in [-0.39, 0.29) is 47.4 Å². The molecule has 0 amide bonds. The molecule has 3 N–H and O–H groups in total. The summed E-state index contributed by atoms with van der Waals surface area (Å²) in [6, 6.07) is 5.87. The van der Waals surface area contributed by atoms with E-state index >= 15 is 0 Å². The van der Waals surface area contributed by atoms with Crippen LogP contribution >= 0.6 is 24.0 Å². The molecular formula is C12H15F3IN3O. The molecule has 0 heterocycles. The molecular weight excluding hydrogens is 386 g/mol. The standard InChI is InChI=1S/C12H14F3N3O.HI/c13-12(14,15)19-10-7-2-1-6-9(10)18-11(16)17-8-4-3-5-8;/h1-2,6-8H,3-5H2,(H3,16,17,18);1H. The summed E-state index contributed by atoms with van der Waals surface area (Å²) in [6.07, 6.45) is -1.71. The zero-order chi connectivity index (χ0) is 13.9. The van der Waals surface area contributed by atoms with Crippen molar-refractivity contribution in [2.45, 2.75) is 31.7 Å². The van der Waals surface area contributed by atoms with Gasteiger partial charge in [0.05, 0.1) is 11.7 Å². The van der Waals surface area contributed by atoms with Gasteiger partial charge in [-0.05, 0) is 31.4 Å². The first-order valence-electron chi connectivity index (χ1n) is 5.89. The Morgan fingerprint density at radius 3 is 2.50 bits per heavy atom. The van der Waals surface area contributed by atoms with Crippen LogP contribution in [0.15, 0.2) is 29.3 Å². The van der Waals surface area contributed by atoms with Gasteiger partial charge in [-0.2, -0.15) is 0 Å². The highest BCUT2D eigenvalue weighted by Crippen LogP contribution is 2.30. The second-order valence-electron chi connectivity index (χ2n) is 4.27. The molecule has 20 heavy (non-hydrogen) atoms. The molecule has 1 aliphatic rings. The lowest BCUT2D eigenvalue weighted by molar-refractivity contribution is -0.274. The molecule has 0 spiro atoms. The van der Waals surface area contributed by atoms with E-state index in [0.29, 0.717) is 0 Å². The molecule has 1 fully saturated rings. The summed E-state index contributed by atoms with van der Waals surface area (Å²) < 4.78 is 40.6. The average molecular weight is 401 g/mol. The van der Waals surface area contributed by atoms with Crippen LogP contribution < -0.4 is 15.8 Å². The van der Waals surface area contributed by atoms with Crippen molar-refractivity contribution >= 4 is 35.6 Å². The molecule has 0 aromatic heterocycles. The van der Waals surface area contributed by atoms with Crippen molar-refractivity contribution in [3.63, 3.8) is 0 Å². The molecule has 0 atom stereocenters. The van der Waals surface area contributed by atoms with Crippen LogP contribution in [0.1, 0.15) is 19.3 Å². The van der Waals surface area contributed by atoms with Crippen molar-refractivity contribution in [2.24, 2.45) is 10.7 Å². The molecule has 0 aliphatic heterocycles. The van der Waals surface area contributed by atoms with Crippen LogP contribution in [0, 0.1) is 0 Å². The minimum atomic E-state index is -4.74. The minimum absolute atomic E-state index is 0. The van der Waals surface area contributed by atoms with Crippen LogP contribution in [-0.4, -0.2) is 18.4 Å². The van der Waals surface area contributed by atoms with Crippen molar-refractivity contribution in [2.75, 3.05) is 5.32 Å². The Morgan fingerprint density at radius 2 is 1.95 bits per heavy atom. The van der Waals surface area contributed by atoms with Gasteiger partial charge in [0, 0.05) is 0 Å². The maximum Gasteiger partial charge on any atom is 0.573 e. The second-order valence-corrected chi connectivity index (χ2v) is 4.27. The number of hydrogen-bond acceptors (Lipinski definition) is 2. The number of para-hydroxylation sites is 2. The Balaban J connectivity index is 0.00000200. The smallest absolute Gasteiger partial charge is 0.404 e. The van der Waals surface area contributed by atoms with Gasteiger partial charge in [-0.1, -0.05) is 12.1 Å². The number of halogens is 4. The third-order valence-corrected chi connectivity index (χ3v) is 2.77. The molecule has 1 aliphatic carbocycles. The highest BCUT2D eigenvalue weighted by atomic mass is 127. The fraction of sp³-hybridized carbons (Fsp3) is 0.417. The Labute approximate surface area is 131 Å². The number of aliphatic imine (C=N–C) groups is 1. The summed E-state index contributed by atoms with van der Waals surface area (Å²) in [5.41, 5.74) is 5.79. The van der Waals surface area contributed by atoms with Crippen LogP contribution in [0.5, 0.6) is 5.75 Å². The van der Waals surface area contributed by atoms with Crippen molar-refractivity contribution in [1.29, 1.82) is 0 Å². The van der Waals surface area contributed by atoms with Gasteiger partial charge >= 0.3 is 6.36 Å². The Morgan fingerprint density at radius 1 is 1.30 bits per heavy atom. The van der Waals surface area contributed by atoms with E-state index in [1.807, 2.05) is 0 Å². The molecule has 1 aromatic rings. The molecule has 4 nitrogen and oxygen atoms in total. The summed E-state index contributed by atoms with van der Waals surface area (Å²) >= 11 is 0. The number of hydrogen-bond donors (Lipinski definition) is 2. The summed E-state index contributed by atoms with van der Waals surface area (Å²) in [6.45, 7) is 0. The van der Waals surface area contributed by atoms with Crippen LogP contribution in [0.25, 0.3) is 0 Å². The van der Waals surface area contributed by atoms with Gasteiger partial charge in [0.25, 0.3) is 0 Å². The quantitative estimate of drug-likeness (QED) is 0.463. The number of guanidine groups is 1. The minimum Gasteiger partial charge on any atom is -0.404 e. The van der Waals surface area contributed by atoms with Gasteiger partial charge in [-0.15, -0.1) is 37.1 Å². The normalized spacial score (nSPS) is 16.1. The van der Waals surface area contributed by atoms with E-state index < -0.39 is 6.36 Å². The summed E-state index contributed by atoms with van der Waals surface area (Å²) in [4.78, 5) is 4.16. The van der Waals surface area contributed by atoms with E-state index in [2.05, 4.69) is 15.0 Å². The number of nitrogens with zero attached hydrogens (tertiary/aromatic N) is 1. The zero-order valence-electron chi connectivity index (χ0n) is 10.5. The zero-order valence-corrected chi connectivity index (χ0v) is 12.8. The number of benzene rings is 1. The van der Waals surface area contributed by atoms with Gasteiger partial charge in [-0.25, -0.2) is 4.99 Å². The lowest BCUT2D eigenvalue weighted by Gasteiger charge is -2.22. The Hall–Kier alpha value is -1.19. The first kappa shape index (κ1) is 16.9. The highest BCUT2D eigenvalue weighted by molar-refractivity contribution is 14.0. The number of nitrogens with one attached hydrogen (secondary N) is 1. The van der Waals surface area contributed by atoms with Crippen molar-refractivity contribution in [3.05, 3.63) is 24.3 Å². The van der Waals surface area contributed by atoms with Crippen molar-refractivity contribution < 1.29 is 17.9 Å². The molecule has 8 heteroatoms. The third-order valence-electron chi connectivity index (χ3n) is 2.77. The molecule has 0 saturated heterocycles. The van der Waals surface area contributed by atoms with E-state index in [1.54, 1.807) is 6.07 Å². The number of anilines is 1. The van der Waals surface area contributed by atoms with E-state index in [1.165, 1.54) is 18.2 Å². The summed E-state index contributed by atoms with van der Waals surface area (Å²) in [5, 5.41) is 2.63. The van der Waals surface area contributed by atoms with Crippen LogP contribution in [0.2, 0.25) is 0 Å². The van der Waals surface area contributed by atoms with Gasteiger partial charge in [-0.3, -0.25) is 0 Å². The highest BCUT2D eigenvalue weighted by Gasteiger charge is 2.32. The lowest BCUT2D eigenvalue weighted by atomic mass is 9.94. The fourth-order valence-corrected chi connectivity index (χ4v) is 1.67. The number of ether oxygens (including phenoxy) is 1. The van der Waals surface area contributed by atoms with Gasteiger partial charge in [0.1, 0.15) is 0 Å². The van der Waals surface area contributed by atoms with Crippen molar-refractivity contribution in [1.82, 2.24) is 0 Å². The topological polar surface area (TPSA) is 59.6 Å². The molecule has 0 unspecified atom stereocenters. The number of nitrogens with two attached hydrogens (primary N) is 1. The molecule has 0 radical (unpaired) electrons. The Kier molecular flexibility index (Phi) is 5.90. The summed E-state index contributed by atoms with van der Waals surface area (Å²) in [5.74, 6) is -0.232. The monoisotopic (exact) mass is 401 g/mol. The fourth-order valence-electron chi connectivity index (χ4n) is 1.67. The van der Waals surface area contributed by atoms with Crippen LogP contribution in [0.4, 0.5) is 18.9 Å². The van der Waals surface area contributed by atoms with E-state index in [9.17, 15) is 13.2 Å². The molecule has 1 aromatic carbocycles. The average Bonchev–Trinajstić information content (AvgIpc) is 2.24. The Bertz CT molecular complexity index is 475. The maximum absolute atomic E-state index is 12.2. The third kappa shape index (κ3) is 5.06. The van der Waals surface area contributed by atoms with Gasteiger partial charge in [0.15, 0.2) is 11.7 Å². The maximum atomic E-state index is 12.2. The van der Waals surface area contributed by atoms with Crippen LogP contribution in [-0.2, 0) is 0 Å². The number of alkyl halides is 3. The van der Waals surface area contributed by atoms with Crippen LogP contribution in [0.3, 0.4) is 0 Å². The van der Waals surface area contributed by atoms with E-state index in [4.69, 9.17) is 5.73 Å². The number of rotatable bonds is 3. The first-order chi connectivity index (χ1) is 8.94. The molecule has 112 valence electrons. The van der Waals surface area contributed by atoms with Gasteiger partial charge in [0.2, 0.25) is 0 Å². The van der Waals surface area contributed by atoms with E-state index in [0.717, 1.165) is 19.3 Å². The SMILES string of the molecule is I.NC(=NC1CCC1)Nc1ccccc1OC(F)(F)F. The lowest BCUT2D eigenvalue weighted by Crippen LogP contribution is -2.28. The largest absolute Gasteiger partial charge is 0.573 e. The molecule has 0 bridgehead atoms.